The van der Waals surface area contributed by atoms with Crippen LogP contribution in [0, 0.1) is 0 Å². The molecular weight excluding hydrogens is 152 g/mol. The Bertz CT molecular complexity index is 168. The Kier molecular flexibility index (Phi) is 6.24. The summed E-state index contributed by atoms with van der Waals surface area (Å²) in [5, 5.41) is 8.16. The van der Waals surface area contributed by atoms with Crippen LogP contribution in [0.1, 0.15) is 26.7 Å². The van der Waals surface area contributed by atoms with Gasteiger partial charge in [-0.05, 0) is 6.42 Å². The lowest BCUT2D eigenvalue weighted by molar-refractivity contribution is -0.530. The SMILES string of the molecule is CCCCN/N=C(\C)N=[N+](C)C. The highest BCUT2D eigenvalue weighted by Crippen LogP contribution is 1.83. The van der Waals surface area contributed by atoms with E-state index in [0.29, 0.717) is 0 Å². The van der Waals surface area contributed by atoms with Crippen LogP contribution in [0.2, 0.25) is 0 Å². The third-order valence-electron chi connectivity index (χ3n) is 1.23. The topological polar surface area (TPSA) is 39.8 Å². The molecule has 4 heteroatoms. The van der Waals surface area contributed by atoms with Crippen LogP contribution in [0.5, 0.6) is 0 Å². The van der Waals surface area contributed by atoms with E-state index in [2.05, 4.69) is 22.6 Å². The molecule has 0 amide bonds. The molecule has 0 aromatic heterocycles. The van der Waals surface area contributed by atoms with Crippen LogP contribution in [0.15, 0.2) is 10.2 Å². The summed E-state index contributed by atoms with van der Waals surface area (Å²) in [7, 11) is 3.76. The van der Waals surface area contributed by atoms with E-state index in [0.717, 1.165) is 18.8 Å². The van der Waals surface area contributed by atoms with Crippen molar-refractivity contribution in [2.24, 2.45) is 10.2 Å². The third kappa shape index (κ3) is 7.18. The van der Waals surface area contributed by atoms with Gasteiger partial charge in [-0.3, -0.25) is 0 Å². The third-order valence-corrected chi connectivity index (χ3v) is 1.23. The zero-order valence-corrected chi connectivity index (χ0v) is 8.46. The van der Waals surface area contributed by atoms with E-state index in [4.69, 9.17) is 0 Å². The molecule has 0 aromatic rings. The molecule has 4 nitrogen and oxygen atoms in total. The van der Waals surface area contributed by atoms with Gasteiger partial charge in [0, 0.05) is 18.6 Å². The summed E-state index contributed by atoms with van der Waals surface area (Å²) >= 11 is 0. The first-order chi connectivity index (χ1) is 5.66. The number of nitrogens with zero attached hydrogens (tertiary/aromatic N) is 3. The van der Waals surface area contributed by atoms with Crippen molar-refractivity contribution in [3.63, 3.8) is 0 Å². The minimum absolute atomic E-state index is 0.760. The lowest BCUT2D eigenvalue weighted by atomic mass is 10.3. The minimum Gasteiger partial charge on any atom is -0.308 e. The summed E-state index contributed by atoms with van der Waals surface area (Å²) in [5.74, 6) is 0.760. The van der Waals surface area contributed by atoms with Gasteiger partial charge in [0.05, 0.1) is 0 Å². The summed E-state index contributed by atoms with van der Waals surface area (Å²) < 4.78 is 1.74. The Labute approximate surface area is 74.4 Å². The number of amidine groups is 1. The highest BCUT2D eigenvalue weighted by molar-refractivity contribution is 5.78. The van der Waals surface area contributed by atoms with Gasteiger partial charge >= 0.3 is 0 Å². The van der Waals surface area contributed by atoms with Crippen molar-refractivity contribution in [3.05, 3.63) is 0 Å². The van der Waals surface area contributed by atoms with Crippen LogP contribution in [-0.4, -0.2) is 31.2 Å². The maximum absolute atomic E-state index is 4.10. The van der Waals surface area contributed by atoms with E-state index < -0.39 is 0 Å². The molecule has 0 aliphatic carbocycles. The zero-order valence-electron chi connectivity index (χ0n) is 8.46. The van der Waals surface area contributed by atoms with Gasteiger partial charge in [0.1, 0.15) is 0 Å². The van der Waals surface area contributed by atoms with Gasteiger partial charge in [-0.1, -0.05) is 13.3 Å². The molecule has 0 radical (unpaired) electrons. The number of azo groups is 2. The van der Waals surface area contributed by atoms with Crippen molar-refractivity contribution in [2.75, 3.05) is 20.6 Å². The average molecular weight is 171 g/mol. The first-order valence-corrected chi connectivity index (χ1v) is 4.33. The summed E-state index contributed by atoms with van der Waals surface area (Å²) in [6, 6.07) is 0. The second kappa shape index (κ2) is 6.76. The van der Waals surface area contributed by atoms with Crippen molar-refractivity contribution in [3.8, 4) is 0 Å². The summed E-state index contributed by atoms with van der Waals surface area (Å²) in [6.07, 6.45) is 2.34. The van der Waals surface area contributed by atoms with Crippen molar-refractivity contribution >= 4 is 5.84 Å². The van der Waals surface area contributed by atoms with Crippen molar-refractivity contribution in [1.82, 2.24) is 5.43 Å². The smallest absolute Gasteiger partial charge is 0.211 e. The van der Waals surface area contributed by atoms with Crippen LogP contribution < -0.4 is 5.43 Å². The van der Waals surface area contributed by atoms with Crippen molar-refractivity contribution in [2.45, 2.75) is 26.7 Å². The van der Waals surface area contributed by atoms with E-state index in [-0.39, 0.29) is 0 Å². The van der Waals surface area contributed by atoms with Crippen LogP contribution in [0.4, 0.5) is 0 Å². The molecular formula is C8H19N4+. The molecule has 0 saturated heterocycles. The first-order valence-electron chi connectivity index (χ1n) is 4.33. The Hall–Kier alpha value is -0.930. The van der Waals surface area contributed by atoms with Crippen LogP contribution in [-0.2, 0) is 0 Å². The molecule has 12 heavy (non-hydrogen) atoms. The fraction of sp³-hybridized carbons (Fsp3) is 0.875. The van der Waals surface area contributed by atoms with Crippen molar-refractivity contribution in [1.29, 1.82) is 0 Å². The van der Waals surface area contributed by atoms with Crippen LogP contribution in [0.3, 0.4) is 0 Å². The zero-order chi connectivity index (χ0) is 9.40. The van der Waals surface area contributed by atoms with Gasteiger partial charge in [0.2, 0.25) is 5.84 Å². The highest BCUT2D eigenvalue weighted by atomic mass is 15.3. The molecule has 0 spiro atoms. The molecule has 0 bridgehead atoms. The predicted molar refractivity (Wildman–Crippen MR) is 50.6 cm³/mol. The van der Waals surface area contributed by atoms with Gasteiger partial charge in [-0.2, -0.15) is 5.10 Å². The molecule has 0 aliphatic heterocycles. The van der Waals surface area contributed by atoms with E-state index >= 15 is 0 Å². The maximum Gasteiger partial charge on any atom is 0.211 e. The number of rotatable bonds is 4. The fourth-order valence-corrected chi connectivity index (χ4v) is 0.738. The minimum atomic E-state index is 0.760. The molecule has 0 atom stereocenters. The molecule has 0 fully saturated rings. The number of unbranched alkanes of at least 4 members (excludes halogenated alkanes) is 1. The average Bonchev–Trinajstić information content (AvgIpc) is 1.97. The number of hydrogen-bond acceptors (Lipinski definition) is 2. The largest absolute Gasteiger partial charge is 0.308 e. The standard InChI is InChI=1S/C8H18N4/c1-5-6-7-9-10-8(2)11-12(3)4/h5-7H2,1-4H3/p+1. The summed E-state index contributed by atoms with van der Waals surface area (Å²) in [4.78, 5) is 0. The Morgan fingerprint density at radius 2 is 2.08 bits per heavy atom. The van der Waals surface area contributed by atoms with E-state index in [1.54, 1.807) is 4.70 Å². The Morgan fingerprint density at radius 1 is 1.42 bits per heavy atom. The Morgan fingerprint density at radius 3 is 2.58 bits per heavy atom. The number of hydrogen-bond donors (Lipinski definition) is 1. The maximum atomic E-state index is 4.10. The second-order valence-electron chi connectivity index (χ2n) is 2.87. The molecule has 0 aliphatic rings. The van der Waals surface area contributed by atoms with Crippen LogP contribution in [0.25, 0.3) is 0 Å². The molecule has 0 unspecified atom stereocenters. The van der Waals surface area contributed by atoms with Gasteiger partial charge in [-0.15, -0.1) is 4.70 Å². The first kappa shape index (κ1) is 11.1. The van der Waals surface area contributed by atoms with Gasteiger partial charge in [-0.25, -0.2) is 0 Å². The van der Waals surface area contributed by atoms with Gasteiger partial charge in [0.15, 0.2) is 14.1 Å². The lowest BCUT2D eigenvalue weighted by Crippen LogP contribution is -2.10. The number of nitrogens with one attached hydrogen (secondary N) is 1. The van der Waals surface area contributed by atoms with Crippen LogP contribution >= 0.6 is 0 Å². The van der Waals surface area contributed by atoms with E-state index in [1.165, 1.54) is 6.42 Å². The monoisotopic (exact) mass is 171 g/mol. The number of hydrazone groups is 1. The Balaban J connectivity index is 3.62. The van der Waals surface area contributed by atoms with E-state index in [9.17, 15) is 0 Å². The molecule has 0 rings (SSSR count). The second-order valence-corrected chi connectivity index (χ2v) is 2.87. The summed E-state index contributed by atoms with van der Waals surface area (Å²) in [5.41, 5.74) is 2.96. The van der Waals surface area contributed by atoms with Crippen molar-refractivity contribution < 1.29 is 4.70 Å². The lowest BCUT2D eigenvalue weighted by Gasteiger charge is -1.96. The molecule has 70 valence electrons. The normalized spacial score (nSPS) is 11.2. The van der Waals surface area contributed by atoms with E-state index in [1.807, 2.05) is 21.0 Å². The molecule has 0 heterocycles. The van der Waals surface area contributed by atoms with Gasteiger partial charge in [0.25, 0.3) is 0 Å². The summed E-state index contributed by atoms with van der Waals surface area (Å²) in [6.45, 7) is 4.96. The van der Waals surface area contributed by atoms with Gasteiger partial charge < -0.3 is 5.43 Å². The highest BCUT2D eigenvalue weighted by Gasteiger charge is 1.90. The molecule has 0 saturated carbocycles. The fourth-order valence-electron chi connectivity index (χ4n) is 0.738. The molecule has 0 aromatic carbocycles. The molecule has 1 N–H and O–H groups in total. The quantitative estimate of drug-likeness (QED) is 0.170. The predicted octanol–water partition coefficient (Wildman–Crippen LogP) is 1.43.